The first-order valence-corrected chi connectivity index (χ1v) is 10.9. The molecule has 0 unspecified atom stereocenters. The first-order chi connectivity index (χ1) is 16.2. The minimum Gasteiger partial charge on any atom is -0.325 e. The number of nitrogens with zero attached hydrogens (tertiary/aromatic N) is 5. The second kappa shape index (κ2) is 7.90. The maximum absolute atomic E-state index is 13.8. The molecule has 0 atom stereocenters. The molecule has 5 nitrogen and oxygen atoms in total. The Kier molecular flexibility index (Phi) is 4.73. The van der Waals surface area contributed by atoms with Gasteiger partial charge in [-0.05, 0) is 65.6 Å². The van der Waals surface area contributed by atoms with Crippen molar-refractivity contribution in [3.05, 3.63) is 95.7 Å². The molecule has 160 valence electrons. The summed E-state index contributed by atoms with van der Waals surface area (Å²) in [6.07, 6.45) is 5.77. The van der Waals surface area contributed by atoms with Gasteiger partial charge in [0.05, 0.1) is 11.7 Å². The van der Waals surface area contributed by atoms with Gasteiger partial charge in [-0.1, -0.05) is 29.8 Å². The summed E-state index contributed by atoms with van der Waals surface area (Å²) in [4.78, 5) is 20.5. The molecule has 0 saturated carbocycles. The molecule has 0 aliphatic carbocycles. The van der Waals surface area contributed by atoms with Crippen LogP contribution < -0.4 is 4.90 Å². The van der Waals surface area contributed by atoms with E-state index >= 15 is 0 Å². The topological polar surface area (TPSA) is 54.8 Å². The average molecular weight is 454 g/mol. The number of hydrogen-bond acceptors (Lipinski definition) is 5. The van der Waals surface area contributed by atoms with Gasteiger partial charge in [0.25, 0.3) is 0 Å². The molecule has 6 rings (SSSR count). The van der Waals surface area contributed by atoms with E-state index in [0.29, 0.717) is 11.5 Å². The third-order valence-electron chi connectivity index (χ3n) is 5.82. The Morgan fingerprint density at radius 3 is 2.67 bits per heavy atom. The molecule has 0 bridgehead atoms. The van der Waals surface area contributed by atoms with Gasteiger partial charge >= 0.3 is 0 Å². The number of halogens is 2. The van der Waals surface area contributed by atoms with Gasteiger partial charge < -0.3 is 4.90 Å². The first kappa shape index (κ1) is 19.8. The molecule has 1 aliphatic heterocycles. The summed E-state index contributed by atoms with van der Waals surface area (Å²) < 4.78 is 13.8. The maximum Gasteiger partial charge on any atom is 0.182 e. The summed E-state index contributed by atoms with van der Waals surface area (Å²) in [6, 6.07) is 18.4. The first-order valence-electron chi connectivity index (χ1n) is 10.6. The third kappa shape index (κ3) is 3.58. The Morgan fingerprint density at radius 2 is 1.82 bits per heavy atom. The van der Waals surface area contributed by atoms with E-state index in [2.05, 4.69) is 14.9 Å². The minimum atomic E-state index is -0.274. The highest BCUT2D eigenvalue weighted by Crippen LogP contribution is 2.39. The molecule has 0 saturated heterocycles. The molecule has 1 aliphatic rings. The summed E-state index contributed by atoms with van der Waals surface area (Å²) >= 11 is 6.22. The number of hydrogen-bond donors (Lipinski definition) is 0. The number of benzene rings is 3. The smallest absolute Gasteiger partial charge is 0.182 e. The normalized spacial score (nSPS) is 12.8. The maximum atomic E-state index is 13.8. The average Bonchev–Trinajstić information content (AvgIpc) is 3.26. The fourth-order valence-corrected chi connectivity index (χ4v) is 4.48. The van der Waals surface area contributed by atoms with Crippen molar-refractivity contribution in [1.29, 1.82) is 0 Å². The van der Waals surface area contributed by atoms with Gasteiger partial charge in [-0.25, -0.2) is 19.3 Å². The van der Waals surface area contributed by atoms with Gasteiger partial charge in [0, 0.05) is 35.0 Å². The van der Waals surface area contributed by atoms with Gasteiger partial charge in [-0.2, -0.15) is 0 Å². The molecule has 0 radical (unpaired) electrons. The van der Waals surface area contributed by atoms with Gasteiger partial charge in [-0.15, -0.1) is 0 Å². The van der Waals surface area contributed by atoms with Crippen molar-refractivity contribution in [2.24, 2.45) is 0 Å². The lowest BCUT2D eigenvalue weighted by Gasteiger charge is -2.21. The quantitative estimate of drug-likeness (QED) is 0.323. The lowest BCUT2D eigenvalue weighted by molar-refractivity contribution is 0.628. The summed E-state index contributed by atoms with van der Waals surface area (Å²) in [7, 11) is 0. The van der Waals surface area contributed by atoms with Crippen LogP contribution in [0.2, 0.25) is 5.02 Å². The lowest BCUT2D eigenvalue weighted by Crippen LogP contribution is -2.16. The predicted molar refractivity (Wildman–Crippen MR) is 128 cm³/mol. The lowest BCUT2D eigenvalue weighted by atomic mass is 10.0. The monoisotopic (exact) mass is 453 g/mol. The Balaban J connectivity index is 1.57. The van der Waals surface area contributed by atoms with Crippen molar-refractivity contribution in [1.82, 2.24) is 19.9 Å². The third-order valence-corrected chi connectivity index (χ3v) is 6.05. The van der Waals surface area contributed by atoms with Crippen LogP contribution in [-0.2, 0) is 6.42 Å². The highest BCUT2D eigenvalue weighted by molar-refractivity contribution is 6.30. The van der Waals surface area contributed by atoms with Crippen LogP contribution in [0.25, 0.3) is 33.5 Å². The number of fused-ring (bicyclic) bond motifs is 2. The van der Waals surface area contributed by atoms with Gasteiger partial charge in [0.1, 0.15) is 17.3 Å². The van der Waals surface area contributed by atoms with E-state index in [-0.39, 0.29) is 5.82 Å². The molecule has 0 N–H and O–H groups in total. The molecule has 33 heavy (non-hydrogen) atoms. The second-order valence-electron chi connectivity index (χ2n) is 7.88. The Hall–Kier alpha value is -3.90. The molecule has 3 aromatic carbocycles. The van der Waals surface area contributed by atoms with Crippen molar-refractivity contribution < 1.29 is 4.39 Å². The van der Waals surface area contributed by atoms with E-state index in [9.17, 15) is 4.39 Å². The predicted octanol–water partition coefficient (Wildman–Crippen LogP) is 6.24. The fraction of sp³-hybridized carbons (Fsp3) is 0.0769. The summed E-state index contributed by atoms with van der Waals surface area (Å²) in [6.45, 7) is 0.785. The molecule has 0 amide bonds. The van der Waals surface area contributed by atoms with Gasteiger partial charge in [0.15, 0.2) is 5.82 Å². The fourth-order valence-electron chi connectivity index (χ4n) is 4.29. The van der Waals surface area contributed by atoms with E-state index in [1.807, 2.05) is 42.5 Å². The molecular formula is C26H17ClFN5. The van der Waals surface area contributed by atoms with Crippen molar-refractivity contribution in [2.45, 2.75) is 6.42 Å². The molecule has 0 spiro atoms. The summed E-state index contributed by atoms with van der Waals surface area (Å²) in [5.41, 5.74) is 5.28. The summed E-state index contributed by atoms with van der Waals surface area (Å²) in [5.74, 6) is 1.01. The zero-order valence-electron chi connectivity index (χ0n) is 17.4. The van der Waals surface area contributed by atoms with E-state index in [4.69, 9.17) is 21.6 Å². The Morgan fingerprint density at radius 1 is 0.909 bits per heavy atom. The van der Waals surface area contributed by atoms with Crippen molar-refractivity contribution in [3.63, 3.8) is 0 Å². The minimum absolute atomic E-state index is 0.274. The van der Waals surface area contributed by atoms with Crippen LogP contribution in [0.4, 0.5) is 15.9 Å². The van der Waals surface area contributed by atoms with Crippen LogP contribution in [0, 0.1) is 5.82 Å². The van der Waals surface area contributed by atoms with E-state index in [1.165, 1.54) is 17.7 Å². The van der Waals surface area contributed by atoms with Crippen molar-refractivity contribution >= 4 is 34.0 Å². The SMILES string of the molecule is Fc1cccc(-c2ccc3c(N4CCc5cc(Cl)ccc54)nc(-c4cnccn4)nc3c2)c1. The highest BCUT2D eigenvalue weighted by atomic mass is 35.5. The molecule has 0 fully saturated rings. The zero-order chi connectivity index (χ0) is 22.4. The number of aromatic nitrogens is 4. The largest absolute Gasteiger partial charge is 0.325 e. The molecule has 7 heteroatoms. The zero-order valence-corrected chi connectivity index (χ0v) is 18.2. The highest BCUT2D eigenvalue weighted by Gasteiger charge is 2.25. The summed E-state index contributed by atoms with van der Waals surface area (Å²) in [5, 5.41) is 1.63. The van der Waals surface area contributed by atoms with Crippen LogP contribution >= 0.6 is 11.6 Å². The van der Waals surface area contributed by atoms with Crippen LogP contribution in [0.3, 0.4) is 0 Å². The van der Waals surface area contributed by atoms with Gasteiger partial charge in [-0.3, -0.25) is 4.98 Å². The van der Waals surface area contributed by atoms with Crippen LogP contribution in [0.5, 0.6) is 0 Å². The van der Waals surface area contributed by atoms with E-state index in [1.54, 1.807) is 24.7 Å². The van der Waals surface area contributed by atoms with Crippen LogP contribution in [-0.4, -0.2) is 26.5 Å². The standard InChI is InChI=1S/C26H17ClFN5/c27-19-5-7-24-18(12-19)8-11-33(24)26-21-6-4-17(16-2-1-3-20(28)13-16)14-22(21)31-25(32-26)23-15-29-9-10-30-23/h1-7,9-10,12-15H,8,11H2. The number of anilines is 2. The van der Waals surface area contributed by atoms with Crippen LogP contribution in [0.1, 0.15) is 5.56 Å². The van der Waals surface area contributed by atoms with E-state index < -0.39 is 0 Å². The van der Waals surface area contributed by atoms with Crippen molar-refractivity contribution in [2.75, 3.05) is 11.4 Å². The second-order valence-corrected chi connectivity index (χ2v) is 8.31. The number of rotatable bonds is 3. The molecule has 5 aromatic rings. The molecular weight excluding hydrogens is 437 g/mol. The van der Waals surface area contributed by atoms with Gasteiger partial charge in [0.2, 0.25) is 0 Å². The molecule has 3 heterocycles. The Labute approximate surface area is 194 Å². The van der Waals surface area contributed by atoms with Crippen molar-refractivity contribution in [3.8, 4) is 22.6 Å². The molecule has 2 aromatic heterocycles. The Bertz CT molecular complexity index is 1510. The van der Waals surface area contributed by atoms with Crippen LogP contribution in [0.15, 0.2) is 79.3 Å². The van der Waals surface area contributed by atoms with E-state index in [0.717, 1.165) is 51.5 Å².